The summed E-state index contributed by atoms with van der Waals surface area (Å²) >= 11 is 0. The highest BCUT2D eigenvalue weighted by molar-refractivity contribution is 6.74. The van der Waals surface area contributed by atoms with Crippen LogP contribution in [0.3, 0.4) is 0 Å². The number of likely N-dealkylation sites (N-methyl/N-ethyl adjacent to an activating group) is 2. The molecule has 5 heterocycles. The van der Waals surface area contributed by atoms with Gasteiger partial charge in [-0.25, -0.2) is 0 Å². The smallest absolute Gasteiger partial charge is 0.373 e. The van der Waals surface area contributed by atoms with E-state index >= 15 is 0 Å². The highest BCUT2D eigenvalue weighted by Gasteiger charge is 2.55. The van der Waals surface area contributed by atoms with E-state index in [2.05, 4.69) is 199 Å². The van der Waals surface area contributed by atoms with Gasteiger partial charge >= 0.3 is 12.1 Å². The van der Waals surface area contributed by atoms with Gasteiger partial charge in [0.1, 0.15) is 17.3 Å². The normalized spacial score (nSPS) is 35.7. The fraction of sp³-hybridized carbons (Fsp3) is 0.978. The van der Waals surface area contributed by atoms with Crippen LogP contribution in [0.15, 0.2) is 0 Å². The van der Waals surface area contributed by atoms with Gasteiger partial charge in [0.2, 0.25) is 0 Å². The van der Waals surface area contributed by atoms with Crippen LogP contribution in [-0.4, -0.2) is 279 Å². The van der Waals surface area contributed by atoms with Gasteiger partial charge in [-0.15, -0.1) is 0 Å². The number of carbonyl (C=O) groups is 1. The summed E-state index contributed by atoms with van der Waals surface area (Å²) in [5.41, 5.74) is -5.10. The first-order chi connectivity index (χ1) is 51.6. The molecule has 23 nitrogen and oxygen atoms in total. The quantitative estimate of drug-likeness (QED) is 0.0347. The summed E-state index contributed by atoms with van der Waals surface area (Å²) in [5, 5.41) is 70.7. The number of carbonyl (C=O) groups excluding carboxylic acids is 3. The van der Waals surface area contributed by atoms with E-state index in [1.54, 1.807) is 13.8 Å². The number of ether oxygens (including phenoxy) is 8. The zero-order valence-corrected chi connectivity index (χ0v) is 81.8. The molecule has 5 fully saturated rings. The Kier molecular flexibility index (Phi) is 42.6. The number of esters is 1. The van der Waals surface area contributed by atoms with Crippen molar-refractivity contribution in [3.63, 3.8) is 0 Å². The maximum Gasteiger partial charge on any atom is 0.373 e. The summed E-state index contributed by atoms with van der Waals surface area (Å²) in [4.78, 5) is 39.7. The monoisotopic (exact) mass is 1660 g/mol. The molecule has 29 atom stereocenters. The lowest BCUT2D eigenvalue weighted by Crippen LogP contribution is -2.63. The Hall–Kier alpha value is -1.48. The molecule has 5 saturated heterocycles. The Bertz CT molecular complexity index is 2800. The number of rotatable bonds is 26. The van der Waals surface area contributed by atoms with Crippen LogP contribution in [0.2, 0.25) is 36.3 Å². The van der Waals surface area contributed by atoms with Crippen molar-refractivity contribution in [2.24, 2.45) is 40.4 Å². The molecule has 5 aliphatic rings. The molecule has 5 aliphatic heterocycles. The average molecular weight is 1660 g/mol. The maximum absolute atomic E-state index is 14.6. The third kappa shape index (κ3) is 32.3. The first kappa shape index (κ1) is 109. The minimum atomic E-state index is -2.42. The number of aliphatic hydroxyl groups is 6. The molecule has 25 heteroatoms. The molecule has 5 rings (SSSR count). The van der Waals surface area contributed by atoms with Crippen LogP contribution in [-0.2, 0) is 61.1 Å². The van der Waals surface area contributed by atoms with E-state index < -0.39 is 125 Å². The van der Waals surface area contributed by atoms with Gasteiger partial charge in [-0.1, -0.05) is 118 Å². The lowest BCUT2D eigenvalue weighted by Gasteiger charge is -2.49. The predicted octanol–water partition coefficient (Wildman–Crippen LogP) is 14.9. The topological polar surface area (TPSA) is 278 Å². The van der Waals surface area contributed by atoms with Crippen molar-refractivity contribution >= 4 is 28.8 Å². The predicted molar refractivity (Wildman–Crippen MR) is 461 cm³/mol. The van der Waals surface area contributed by atoms with Gasteiger partial charge in [-0.05, 0) is 249 Å². The van der Waals surface area contributed by atoms with E-state index in [9.17, 15) is 35.4 Å². The first-order valence-electron chi connectivity index (χ1n) is 43.8. The maximum atomic E-state index is 14.6. The second kappa shape index (κ2) is 44.7. The Morgan fingerprint density at radius 3 is 1.51 bits per heavy atom. The van der Waals surface area contributed by atoms with Gasteiger partial charge < -0.3 is 97.0 Å². The molecule has 0 spiro atoms. The lowest BCUT2D eigenvalue weighted by molar-refractivity contribution is -0.287. The summed E-state index contributed by atoms with van der Waals surface area (Å²) in [6.07, 6.45) is 3.00. The molecule has 0 saturated carbocycles. The van der Waals surface area contributed by atoms with Gasteiger partial charge in [-0.2, -0.15) is 9.59 Å². The Balaban J connectivity index is 0.000000677. The molecule has 0 aromatic rings. The van der Waals surface area contributed by atoms with Crippen molar-refractivity contribution in [1.82, 2.24) is 19.6 Å². The molecule has 114 heavy (non-hydrogen) atoms. The van der Waals surface area contributed by atoms with Crippen LogP contribution >= 0.6 is 0 Å². The van der Waals surface area contributed by atoms with Crippen LogP contribution in [0.25, 0.3) is 0 Å². The van der Waals surface area contributed by atoms with E-state index in [4.69, 9.17) is 56.3 Å². The standard InChI is InChI=1S/C44H86N2O9Si.C35H74N2O7Si.C9H18O.CO2/c1-20-34-44(14,49)39(55-56(18,19)41(8,9)10)32(7)46(17)26-27(2)23-43(13,48)38(54-35-22-33(45(15)16)21-28(3)50-35)30(5)37(31(6)40(47)52-34)53-36-25-42(11,12)24-29(4)51-36;1-17-28(38)25(5)31(43-30-20-27(36(12)13)19-24(4)42-30)34(10,40)21-23(3)22-37(14)26(6)32(35(11,41)29(39)18-2)44-45(15,16)33(7,8)9;1-7-5-9(3,4)6-8(2)10-7;2-1-3/h27-39,48-49H,20-26H2,1-19H3;23-32,38-41H,17-22H2,1-16H3;7-8H,5-6H2,1-4H3;/t27-,28-,29+,30+,31-,32-,33+,34-,35?,36?,37+,38-,39-,43-,44-;23-,24-,25+,26-,27+,28-,29-,30?,31-,32-,34-,35-;7-,8?;/m110./s1. The Morgan fingerprint density at radius 2 is 1.07 bits per heavy atom. The van der Waals surface area contributed by atoms with Crippen molar-refractivity contribution in [3.05, 3.63) is 0 Å². The number of hydrogen-bond donors (Lipinski definition) is 6. The first-order valence-corrected chi connectivity index (χ1v) is 49.6. The molecule has 6 N–H and O–H groups in total. The summed E-state index contributed by atoms with van der Waals surface area (Å²) in [5.74, 6) is -2.04. The van der Waals surface area contributed by atoms with Gasteiger partial charge in [0, 0.05) is 68.4 Å². The number of aliphatic hydroxyl groups excluding tert-OH is 2. The third-order valence-electron chi connectivity index (χ3n) is 26.9. The van der Waals surface area contributed by atoms with E-state index in [1.807, 2.05) is 76.4 Å². The highest BCUT2D eigenvalue weighted by Crippen LogP contribution is 2.46. The number of nitrogens with zero attached hydrogens (tertiary/aromatic N) is 4. The van der Waals surface area contributed by atoms with Crippen LogP contribution in [0, 0.1) is 40.4 Å². The van der Waals surface area contributed by atoms with Gasteiger partial charge in [-0.3, -0.25) is 4.79 Å². The molecule has 4 unspecified atom stereocenters. The van der Waals surface area contributed by atoms with E-state index in [1.165, 1.54) is 12.8 Å². The van der Waals surface area contributed by atoms with Gasteiger partial charge in [0.05, 0.1) is 90.4 Å². The Morgan fingerprint density at radius 1 is 0.614 bits per heavy atom. The van der Waals surface area contributed by atoms with Crippen LogP contribution in [0.4, 0.5) is 0 Å². The van der Waals surface area contributed by atoms with Crippen molar-refractivity contribution < 1.29 is 91.8 Å². The minimum Gasteiger partial charge on any atom is -0.459 e. The second-order valence-electron chi connectivity index (χ2n) is 42.5. The molecule has 0 radical (unpaired) electrons. The zero-order valence-electron chi connectivity index (χ0n) is 79.8. The fourth-order valence-corrected chi connectivity index (χ4v) is 21.2. The summed E-state index contributed by atoms with van der Waals surface area (Å²) in [7, 11) is 7.64. The van der Waals surface area contributed by atoms with E-state index in [0.29, 0.717) is 88.1 Å². The summed E-state index contributed by atoms with van der Waals surface area (Å²) in [6.45, 7) is 69.7. The lowest BCUT2D eigenvalue weighted by atomic mass is 9.77. The van der Waals surface area contributed by atoms with Crippen LogP contribution in [0.1, 0.15) is 284 Å². The summed E-state index contributed by atoms with van der Waals surface area (Å²) < 4.78 is 65.6. The average Bonchev–Trinajstić information content (AvgIpc) is 1.04. The molecule has 0 aromatic heterocycles. The Labute approximate surface area is 697 Å². The minimum absolute atomic E-state index is 0.0139. The van der Waals surface area contributed by atoms with E-state index in [0.717, 1.165) is 19.3 Å². The van der Waals surface area contributed by atoms with Gasteiger partial charge in [0.15, 0.2) is 35.5 Å². The highest BCUT2D eigenvalue weighted by atomic mass is 28.4. The van der Waals surface area contributed by atoms with Crippen molar-refractivity contribution in [1.29, 1.82) is 0 Å². The largest absolute Gasteiger partial charge is 0.459 e. The van der Waals surface area contributed by atoms with Crippen LogP contribution < -0.4 is 0 Å². The van der Waals surface area contributed by atoms with Crippen molar-refractivity contribution in [2.45, 2.75) is 465 Å². The fourth-order valence-electron chi connectivity index (χ4n) is 18.4. The molecule has 676 valence electrons. The number of hydrogen-bond acceptors (Lipinski definition) is 23. The summed E-state index contributed by atoms with van der Waals surface area (Å²) in [6, 6.07) is 0.101. The molecule has 0 bridgehead atoms. The van der Waals surface area contributed by atoms with E-state index in [-0.39, 0.29) is 75.8 Å². The molecular formula is C89H178N4O19Si2. The molecule has 0 aromatic carbocycles. The van der Waals surface area contributed by atoms with Crippen LogP contribution in [0.5, 0.6) is 0 Å². The van der Waals surface area contributed by atoms with Crippen molar-refractivity contribution in [2.75, 3.05) is 55.4 Å². The van der Waals surface area contributed by atoms with Crippen molar-refractivity contribution in [3.8, 4) is 0 Å². The molecular weight excluding hydrogens is 1490 g/mol. The number of cyclic esters (lactones) is 1. The molecule has 0 amide bonds. The molecule has 0 aliphatic carbocycles. The second-order valence-corrected chi connectivity index (χ2v) is 52.0. The zero-order chi connectivity index (χ0) is 88.7. The SMILES string of the molecule is CC1CC(C)(C)C[C@H](C)O1.CC[C@@H](O)[C@H](C)[C@@H](OC1C[C@@H](N(C)C)C[C@@H](C)O1)[C@](C)(O)C[C@@H](C)CN(C)[C@H](C)[C@@H](O[Si](C)(C)C(C)(C)C)[C@](C)(O)[C@H](O)CC.CC[C@H]1OC(=O)[C@H](C)[C@@H](OC2CC(C)(C)C[C@H](C)O2)[C@H](C)[C@@H](OC2C[C@@H](N(C)C)C[C@@H](C)O2)[C@](C)(O)C[C@@H](C)CN(C)[C@H](C)[C@@H](O[Si](C)(C)C(C)(C)C)[C@]1(C)O.O=C=O. The third-order valence-corrected chi connectivity index (χ3v) is 35.8. The van der Waals surface area contributed by atoms with Gasteiger partial charge in [0.25, 0.3) is 0 Å².